The van der Waals surface area contributed by atoms with Crippen LogP contribution in [-0.2, 0) is 11.3 Å². The molecular formula is C19H26N6O. The summed E-state index contributed by atoms with van der Waals surface area (Å²) < 4.78 is 0. The monoisotopic (exact) mass is 354 g/mol. The summed E-state index contributed by atoms with van der Waals surface area (Å²) in [7, 11) is 3.81. The fourth-order valence-corrected chi connectivity index (χ4v) is 3.44. The smallest absolute Gasteiger partial charge is 0.237 e. The highest BCUT2D eigenvalue weighted by Crippen LogP contribution is 2.31. The van der Waals surface area contributed by atoms with Crippen molar-refractivity contribution in [3.05, 3.63) is 47.7 Å². The average molecular weight is 354 g/mol. The number of anilines is 1. The van der Waals surface area contributed by atoms with Gasteiger partial charge in [-0.15, -0.1) is 0 Å². The molecule has 0 radical (unpaired) electrons. The van der Waals surface area contributed by atoms with E-state index in [-0.39, 0.29) is 11.9 Å². The van der Waals surface area contributed by atoms with Gasteiger partial charge in [0.2, 0.25) is 5.91 Å². The van der Waals surface area contributed by atoms with Crippen LogP contribution >= 0.6 is 0 Å². The Balaban J connectivity index is 1.67. The number of hydrogen-bond acceptors (Lipinski definition) is 6. The van der Waals surface area contributed by atoms with Gasteiger partial charge < -0.3 is 10.2 Å². The Labute approximate surface area is 154 Å². The number of nitrogens with zero attached hydrogens (tertiary/aromatic N) is 5. The van der Waals surface area contributed by atoms with Crippen molar-refractivity contribution < 1.29 is 4.79 Å². The largest absolute Gasteiger partial charge is 0.373 e. The van der Waals surface area contributed by atoms with Crippen LogP contribution in [0.15, 0.2) is 30.6 Å². The van der Waals surface area contributed by atoms with Gasteiger partial charge in [0, 0.05) is 38.6 Å². The number of carbonyl (C=O) groups excluding carboxylic acids is 1. The number of aryl methyl sites for hydroxylation is 1. The summed E-state index contributed by atoms with van der Waals surface area (Å²) in [6, 6.07) is 5.92. The van der Waals surface area contributed by atoms with Gasteiger partial charge in [0.05, 0.1) is 18.3 Å². The van der Waals surface area contributed by atoms with E-state index in [1.54, 1.807) is 6.20 Å². The van der Waals surface area contributed by atoms with Gasteiger partial charge in [0.25, 0.3) is 0 Å². The maximum atomic E-state index is 12.9. The number of aromatic nitrogens is 3. The third-order valence-electron chi connectivity index (χ3n) is 4.61. The molecule has 2 aromatic heterocycles. The average Bonchev–Trinajstić information content (AvgIpc) is 3.12. The van der Waals surface area contributed by atoms with Crippen LogP contribution in [0.3, 0.4) is 0 Å². The molecule has 0 bridgehead atoms. The third-order valence-corrected chi connectivity index (χ3v) is 4.61. The second-order valence-corrected chi connectivity index (χ2v) is 6.75. The number of carbonyl (C=O) groups is 1. The maximum absolute atomic E-state index is 12.9. The van der Waals surface area contributed by atoms with Gasteiger partial charge >= 0.3 is 0 Å². The van der Waals surface area contributed by atoms with Gasteiger partial charge in [-0.3, -0.25) is 14.7 Å². The SMILES string of the molecule is CNc1cc([C@H]2CCCN2C(=O)CN(C)Cc2cccnc2)nc(C)n1. The molecule has 0 aliphatic carbocycles. The molecule has 2 aromatic rings. The first-order valence-corrected chi connectivity index (χ1v) is 8.97. The van der Waals surface area contributed by atoms with Crippen LogP contribution in [0.2, 0.25) is 0 Å². The van der Waals surface area contributed by atoms with Gasteiger partial charge in [-0.25, -0.2) is 9.97 Å². The molecule has 7 nitrogen and oxygen atoms in total. The van der Waals surface area contributed by atoms with E-state index in [1.807, 2.05) is 55.2 Å². The van der Waals surface area contributed by atoms with Gasteiger partial charge in [-0.2, -0.15) is 0 Å². The van der Waals surface area contributed by atoms with E-state index < -0.39 is 0 Å². The van der Waals surface area contributed by atoms with E-state index in [1.165, 1.54) is 0 Å². The zero-order chi connectivity index (χ0) is 18.5. The molecule has 1 aliphatic heterocycles. The Kier molecular flexibility index (Phi) is 5.78. The Hall–Kier alpha value is -2.54. The Morgan fingerprint density at radius 3 is 3.00 bits per heavy atom. The van der Waals surface area contributed by atoms with E-state index in [0.29, 0.717) is 13.1 Å². The number of nitrogens with one attached hydrogen (secondary N) is 1. The number of pyridine rings is 1. The highest BCUT2D eigenvalue weighted by atomic mass is 16.2. The molecule has 1 fully saturated rings. The number of likely N-dealkylation sites (tertiary alicyclic amines) is 1. The first-order valence-electron chi connectivity index (χ1n) is 8.97. The highest BCUT2D eigenvalue weighted by Gasteiger charge is 2.31. The summed E-state index contributed by atoms with van der Waals surface area (Å²) in [6.07, 6.45) is 5.54. The van der Waals surface area contributed by atoms with Crippen LogP contribution in [0.1, 0.15) is 36.0 Å². The molecule has 7 heteroatoms. The lowest BCUT2D eigenvalue weighted by Crippen LogP contribution is -2.38. The van der Waals surface area contributed by atoms with Crippen molar-refractivity contribution in [3.63, 3.8) is 0 Å². The van der Waals surface area contributed by atoms with Crippen molar-refractivity contribution in [3.8, 4) is 0 Å². The summed E-state index contributed by atoms with van der Waals surface area (Å²) in [4.78, 5) is 29.9. The second-order valence-electron chi connectivity index (χ2n) is 6.75. The summed E-state index contributed by atoms with van der Waals surface area (Å²) >= 11 is 0. The normalized spacial score (nSPS) is 16.9. The maximum Gasteiger partial charge on any atom is 0.237 e. The van der Waals surface area contributed by atoms with Gasteiger partial charge in [-0.1, -0.05) is 6.07 Å². The predicted octanol–water partition coefficient (Wildman–Crippen LogP) is 2.02. The molecule has 1 N–H and O–H groups in total. The van der Waals surface area contributed by atoms with E-state index in [9.17, 15) is 4.79 Å². The second kappa shape index (κ2) is 8.23. The standard InChI is InChI=1S/C19H26N6O/c1-14-22-16(10-18(20-2)23-14)17-7-5-9-25(17)19(26)13-24(3)12-15-6-4-8-21-11-15/h4,6,8,10-11,17H,5,7,9,12-13H2,1-3H3,(H,20,22,23)/t17-/m1/s1. The van der Waals surface area contributed by atoms with Crippen molar-refractivity contribution in [1.29, 1.82) is 0 Å². The molecule has 3 rings (SSSR count). The quantitative estimate of drug-likeness (QED) is 0.855. The van der Waals surface area contributed by atoms with Crippen molar-refractivity contribution in [2.45, 2.75) is 32.4 Å². The first-order chi connectivity index (χ1) is 12.6. The molecular weight excluding hydrogens is 328 g/mol. The van der Waals surface area contributed by atoms with Crippen LogP contribution < -0.4 is 5.32 Å². The third kappa shape index (κ3) is 4.35. The molecule has 3 heterocycles. The van der Waals surface area contributed by atoms with Crippen molar-refractivity contribution in [2.75, 3.05) is 32.5 Å². The van der Waals surface area contributed by atoms with E-state index in [0.717, 1.165) is 42.3 Å². The molecule has 138 valence electrons. The highest BCUT2D eigenvalue weighted by molar-refractivity contribution is 5.79. The zero-order valence-electron chi connectivity index (χ0n) is 15.6. The van der Waals surface area contributed by atoms with Crippen molar-refractivity contribution in [1.82, 2.24) is 24.8 Å². The van der Waals surface area contributed by atoms with E-state index >= 15 is 0 Å². The first kappa shape index (κ1) is 18.3. The fourth-order valence-electron chi connectivity index (χ4n) is 3.44. The summed E-state index contributed by atoms with van der Waals surface area (Å²) in [5.74, 6) is 1.65. The Bertz CT molecular complexity index is 751. The van der Waals surface area contributed by atoms with Crippen LogP contribution in [-0.4, -0.2) is 57.8 Å². The van der Waals surface area contributed by atoms with Crippen molar-refractivity contribution >= 4 is 11.7 Å². The molecule has 1 saturated heterocycles. The molecule has 1 atom stereocenters. The van der Waals surface area contributed by atoms with Crippen LogP contribution in [0.4, 0.5) is 5.82 Å². The van der Waals surface area contributed by atoms with E-state index in [2.05, 4.69) is 20.3 Å². The lowest BCUT2D eigenvalue weighted by Gasteiger charge is -2.27. The lowest BCUT2D eigenvalue weighted by molar-refractivity contribution is -0.133. The van der Waals surface area contributed by atoms with Crippen molar-refractivity contribution in [2.24, 2.45) is 0 Å². The molecule has 1 aliphatic rings. The number of amides is 1. The number of rotatable bonds is 6. The summed E-state index contributed by atoms with van der Waals surface area (Å²) in [5.41, 5.74) is 2.02. The van der Waals surface area contributed by atoms with Gasteiger partial charge in [0.1, 0.15) is 11.6 Å². The number of hydrogen-bond donors (Lipinski definition) is 1. The molecule has 0 aromatic carbocycles. The fraction of sp³-hybridized carbons (Fsp3) is 0.474. The van der Waals surface area contributed by atoms with Crippen LogP contribution in [0, 0.1) is 6.92 Å². The predicted molar refractivity (Wildman–Crippen MR) is 101 cm³/mol. The Morgan fingerprint density at radius 2 is 2.27 bits per heavy atom. The van der Waals surface area contributed by atoms with E-state index in [4.69, 9.17) is 0 Å². The minimum Gasteiger partial charge on any atom is -0.373 e. The molecule has 26 heavy (non-hydrogen) atoms. The minimum atomic E-state index is 0.0306. The van der Waals surface area contributed by atoms with Gasteiger partial charge in [-0.05, 0) is 38.4 Å². The van der Waals surface area contributed by atoms with Gasteiger partial charge in [0.15, 0.2) is 0 Å². The minimum absolute atomic E-state index is 0.0306. The zero-order valence-corrected chi connectivity index (χ0v) is 15.6. The molecule has 1 amide bonds. The summed E-state index contributed by atoms with van der Waals surface area (Å²) in [6.45, 7) is 3.75. The van der Waals surface area contributed by atoms with Crippen LogP contribution in [0.5, 0.6) is 0 Å². The molecule has 0 saturated carbocycles. The summed E-state index contributed by atoms with van der Waals surface area (Å²) in [5, 5.41) is 3.07. The lowest BCUT2D eigenvalue weighted by atomic mass is 10.1. The van der Waals surface area contributed by atoms with Crippen LogP contribution in [0.25, 0.3) is 0 Å². The molecule has 0 spiro atoms. The molecule has 0 unspecified atom stereocenters. The Morgan fingerprint density at radius 1 is 1.42 bits per heavy atom. The number of likely N-dealkylation sites (N-methyl/N-ethyl adjacent to an activating group) is 1. The topological polar surface area (TPSA) is 74.2 Å².